The average molecular weight is 740 g/mol. The molecule has 0 unspecified atom stereocenters. The smallest absolute Gasteiger partial charge is 0.395 e. The number of nitrogens with zero attached hydrogens (tertiary/aromatic N) is 2. The van der Waals surface area contributed by atoms with E-state index in [1.165, 1.54) is 60.7 Å². The van der Waals surface area contributed by atoms with Crippen molar-refractivity contribution in [2.45, 2.75) is 25.2 Å². The van der Waals surface area contributed by atoms with Crippen molar-refractivity contribution in [1.29, 1.82) is 0 Å². The summed E-state index contributed by atoms with van der Waals surface area (Å²) in [7, 11) is 0. The van der Waals surface area contributed by atoms with Gasteiger partial charge in [0.1, 0.15) is 0 Å². The van der Waals surface area contributed by atoms with Crippen LogP contribution in [0.4, 0.5) is 69.2 Å². The second-order valence-electron chi connectivity index (χ2n) is 12.5. The predicted octanol–water partition coefficient (Wildman–Crippen LogP) is 7.06. The number of anilines is 6. The van der Waals surface area contributed by atoms with Gasteiger partial charge in [-0.15, -0.1) is 35.1 Å². The molecule has 0 bridgehead atoms. The van der Waals surface area contributed by atoms with E-state index in [2.05, 4.69) is 9.47 Å². The number of benzene rings is 5. The third-order valence-corrected chi connectivity index (χ3v) is 9.32. The summed E-state index contributed by atoms with van der Waals surface area (Å²) in [6.07, 6.45) is -16.0. The summed E-state index contributed by atoms with van der Waals surface area (Å²) in [5, 5.41) is 0. The highest BCUT2D eigenvalue weighted by Crippen LogP contribution is 2.53. The fourth-order valence-electron chi connectivity index (χ4n) is 7.53. The normalized spacial score (nSPS) is 19.9. The van der Waals surface area contributed by atoms with E-state index < -0.39 is 31.9 Å². The van der Waals surface area contributed by atoms with Crippen molar-refractivity contribution in [1.82, 2.24) is 0 Å². The van der Waals surface area contributed by atoms with Gasteiger partial charge in [0.15, 0.2) is 46.0 Å². The lowest BCUT2D eigenvalue weighted by molar-refractivity contribution is -0.287. The van der Waals surface area contributed by atoms with E-state index in [0.717, 1.165) is 0 Å². The zero-order valence-corrected chi connectivity index (χ0v) is 25.8. The van der Waals surface area contributed by atoms with Crippen molar-refractivity contribution >= 4 is 57.2 Å². The maximum atomic E-state index is 14.5. The second kappa shape index (κ2) is 9.33. The Morgan fingerprint density at radius 3 is 1.11 bits per heavy atom. The summed E-state index contributed by atoms with van der Waals surface area (Å²) < 4.78 is 152. The molecule has 19 heteroatoms. The van der Waals surface area contributed by atoms with Gasteiger partial charge in [0.05, 0.1) is 11.4 Å². The Hall–Kier alpha value is -6.40. The van der Waals surface area contributed by atoms with Crippen molar-refractivity contribution in [2.24, 2.45) is 0 Å². The number of fused-ring (bicyclic) bond motifs is 8. The van der Waals surface area contributed by atoms with Crippen LogP contribution in [0.5, 0.6) is 46.0 Å². The minimum absolute atomic E-state index is 0.219. The molecule has 6 aliphatic rings. The van der Waals surface area contributed by atoms with Crippen molar-refractivity contribution in [2.75, 3.05) is 9.80 Å². The van der Waals surface area contributed by atoms with Crippen molar-refractivity contribution in [3.8, 4) is 46.0 Å². The molecule has 5 aromatic rings. The summed E-state index contributed by atoms with van der Waals surface area (Å²) in [4.78, 5) is 3.16. The minimum atomic E-state index is -4.03. The van der Waals surface area contributed by atoms with Crippen LogP contribution in [0.25, 0.3) is 0 Å². The zero-order valence-electron chi connectivity index (χ0n) is 25.8. The molecule has 0 fully saturated rings. The zero-order chi connectivity index (χ0) is 36.4. The largest absolute Gasteiger partial charge is 0.586 e. The molecule has 0 spiro atoms. The van der Waals surface area contributed by atoms with Crippen LogP contribution < -0.4 is 64.1 Å². The van der Waals surface area contributed by atoms with Gasteiger partial charge in [-0.3, -0.25) is 0 Å². The molecule has 53 heavy (non-hydrogen) atoms. The number of ether oxygens (including phenoxy) is 8. The highest BCUT2D eigenvalue weighted by Gasteiger charge is 2.51. The van der Waals surface area contributed by atoms with E-state index in [4.69, 9.17) is 28.4 Å². The molecule has 0 N–H and O–H groups in total. The van der Waals surface area contributed by atoms with Crippen LogP contribution in [0.3, 0.4) is 0 Å². The Labute approximate surface area is 290 Å². The van der Waals surface area contributed by atoms with E-state index in [-0.39, 0.29) is 68.7 Å². The van der Waals surface area contributed by atoms with Gasteiger partial charge in [0.25, 0.3) is 6.71 Å². The van der Waals surface area contributed by atoms with E-state index in [9.17, 15) is 35.1 Å². The summed E-state index contributed by atoms with van der Waals surface area (Å²) in [6, 6.07) is 18.1. The standard InChI is InChI=1S/C34H13BF8N2O8/c36-31(37)46-22-6-4-14(8-24(22)48-31)44-18-2-1-3-19-30(18)35(16-10-26-28(12-20(16)44)52-33(40,41)50-26)17-11-27-29(53-34(42,43)51-27)13-21(17)45(19)15-5-7-23-25(9-15)49-32(38,39)47-23/h1-13H. The molecular formula is C34H13BF8N2O8. The fourth-order valence-corrected chi connectivity index (χ4v) is 7.53. The van der Waals surface area contributed by atoms with Gasteiger partial charge in [0.2, 0.25) is 0 Å². The van der Waals surface area contributed by atoms with E-state index in [1.54, 1.807) is 28.0 Å². The summed E-state index contributed by atoms with van der Waals surface area (Å²) >= 11 is 0. The van der Waals surface area contributed by atoms with Crippen molar-refractivity contribution in [3.05, 3.63) is 78.9 Å². The molecular weight excluding hydrogens is 727 g/mol. The fraction of sp³-hybridized carbons (Fsp3) is 0.118. The van der Waals surface area contributed by atoms with Crippen LogP contribution >= 0.6 is 0 Å². The van der Waals surface area contributed by atoms with Crippen LogP contribution in [0, 0.1) is 0 Å². The lowest BCUT2D eigenvalue weighted by Crippen LogP contribution is -2.61. The van der Waals surface area contributed by atoms with Gasteiger partial charge in [-0.2, -0.15) is 0 Å². The van der Waals surface area contributed by atoms with Gasteiger partial charge < -0.3 is 47.7 Å². The highest BCUT2D eigenvalue weighted by atomic mass is 19.3. The molecule has 6 heterocycles. The average Bonchev–Trinajstić information content (AvgIpc) is 3.76. The quantitative estimate of drug-likeness (QED) is 0.136. The Bertz CT molecular complexity index is 2340. The number of alkyl halides is 8. The first-order valence-corrected chi connectivity index (χ1v) is 15.5. The molecule has 0 radical (unpaired) electrons. The molecule has 0 saturated heterocycles. The summed E-state index contributed by atoms with van der Waals surface area (Å²) in [6.45, 7) is -0.929. The number of rotatable bonds is 2. The van der Waals surface area contributed by atoms with Crippen LogP contribution in [-0.4, -0.2) is 31.9 Å². The van der Waals surface area contributed by atoms with E-state index >= 15 is 0 Å². The van der Waals surface area contributed by atoms with Crippen LogP contribution in [-0.2, 0) is 0 Å². The Kier molecular flexibility index (Phi) is 5.33. The van der Waals surface area contributed by atoms with Crippen molar-refractivity contribution < 1.29 is 73.0 Å². The first kappa shape index (κ1) is 30.3. The molecule has 0 amide bonds. The predicted molar refractivity (Wildman–Crippen MR) is 165 cm³/mol. The molecule has 0 aromatic heterocycles. The van der Waals surface area contributed by atoms with Gasteiger partial charge in [0, 0.05) is 47.0 Å². The second-order valence-corrected chi connectivity index (χ2v) is 12.5. The number of hydrogen-bond donors (Lipinski definition) is 0. The minimum Gasteiger partial charge on any atom is -0.395 e. The number of hydrogen-bond acceptors (Lipinski definition) is 10. The maximum absolute atomic E-state index is 14.5. The van der Waals surface area contributed by atoms with Gasteiger partial charge in [-0.25, -0.2) is 0 Å². The monoisotopic (exact) mass is 740 g/mol. The van der Waals surface area contributed by atoms with Crippen LogP contribution in [0.15, 0.2) is 78.9 Å². The van der Waals surface area contributed by atoms with Gasteiger partial charge >= 0.3 is 25.2 Å². The Morgan fingerprint density at radius 1 is 0.377 bits per heavy atom. The van der Waals surface area contributed by atoms with E-state index in [0.29, 0.717) is 27.8 Å². The van der Waals surface area contributed by atoms with E-state index in [1.807, 2.05) is 0 Å². The lowest BCUT2D eigenvalue weighted by atomic mass is 9.33. The number of halogens is 8. The third-order valence-electron chi connectivity index (χ3n) is 9.32. The molecule has 10 nitrogen and oxygen atoms in total. The topological polar surface area (TPSA) is 80.3 Å². The molecule has 11 rings (SSSR count). The molecule has 5 aromatic carbocycles. The Balaban J connectivity index is 1.18. The molecule has 0 atom stereocenters. The molecule has 0 saturated carbocycles. The van der Waals surface area contributed by atoms with Crippen LogP contribution in [0.1, 0.15) is 0 Å². The molecule has 266 valence electrons. The summed E-state index contributed by atoms with van der Waals surface area (Å²) in [5.74, 6) is -2.50. The van der Waals surface area contributed by atoms with Crippen molar-refractivity contribution in [3.63, 3.8) is 0 Å². The summed E-state index contributed by atoms with van der Waals surface area (Å²) in [5.41, 5.74) is 2.68. The van der Waals surface area contributed by atoms with Gasteiger partial charge in [-0.05, 0) is 64.9 Å². The first-order valence-electron chi connectivity index (χ1n) is 15.5. The highest BCUT2D eigenvalue weighted by molar-refractivity contribution is 7.00. The molecule has 0 aliphatic carbocycles. The first-order chi connectivity index (χ1) is 25.1. The molecule has 6 aliphatic heterocycles. The Morgan fingerprint density at radius 2 is 0.717 bits per heavy atom. The van der Waals surface area contributed by atoms with Crippen LogP contribution in [0.2, 0.25) is 0 Å². The third kappa shape index (κ3) is 4.32. The van der Waals surface area contributed by atoms with Gasteiger partial charge in [-0.1, -0.05) is 6.07 Å². The SMILES string of the molecule is FC1(F)Oc2ccc(N3c4cc5c(cc4B4c6cc7c(cc6N(c6ccc8c(c6)OC(F)(F)O8)c6cccc3c64)OC(F)(F)O7)OC(F)(F)O5)cc2O1. The lowest BCUT2D eigenvalue weighted by Gasteiger charge is -2.44. The maximum Gasteiger partial charge on any atom is 0.586 e.